The van der Waals surface area contributed by atoms with Crippen molar-refractivity contribution in [1.82, 2.24) is 14.5 Å². The van der Waals surface area contributed by atoms with E-state index in [1.807, 2.05) is 49.4 Å². The van der Waals surface area contributed by atoms with E-state index >= 15 is 0 Å². The van der Waals surface area contributed by atoms with Gasteiger partial charge in [0.2, 0.25) is 5.91 Å². The Morgan fingerprint density at radius 3 is 2.32 bits per heavy atom. The molecule has 0 saturated heterocycles. The molecular formula is C30H41N3O4. The molecular weight excluding hydrogens is 466 g/mol. The van der Waals surface area contributed by atoms with Gasteiger partial charge in [-0.25, -0.2) is 4.98 Å². The molecule has 0 N–H and O–H groups in total. The maximum atomic E-state index is 13.7. The fourth-order valence-corrected chi connectivity index (χ4v) is 4.65. The molecule has 0 aliphatic heterocycles. The lowest BCUT2D eigenvalue weighted by Crippen LogP contribution is -2.39. The predicted octanol–water partition coefficient (Wildman–Crippen LogP) is 6.07. The largest absolute Gasteiger partial charge is 0.497 e. The summed E-state index contributed by atoms with van der Waals surface area (Å²) in [5.41, 5.74) is 1.13. The van der Waals surface area contributed by atoms with Crippen LogP contribution < -0.4 is 10.3 Å². The highest BCUT2D eigenvalue weighted by molar-refractivity contribution is 5.79. The first-order chi connectivity index (χ1) is 18.0. The Labute approximate surface area is 220 Å². The summed E-state index contributed by atoms with van der Waals surface area (Å²) in [6.45, 7) is 4.99. The molecule has 0 bridgehead atoms. The molecule has 37 heavy (non-hydrogen) atoms. The summed E-state index contributed by atoms with van der Waals surface area (Å²) in [7, 11) is 3.24. The summed E-state index contributed by atoms with van der Waals surface area (Å²) in [6.07, 6.45) is 8.53. The Balaban J connectivity index is 1.92. The summed E-state index contributed by atoms with van der Waals surface area (Å²) < 4.78 is 12.2. The zero-order chi connectivity index (χ0) is 26.6. The molecule has 0 fully saturated rings. The van der Waals surface area contributed by atoms with E-state index in [0.29, 0.717) is 47.7 Å². The van der Waals surface area contributed by atoms with Gasteiger partial charge >= 0.3 is 0 Å². The van der Waals surface area contributed by atoms with Crippen molar-refractivity contribution in [2.45, 2.75) is 71.3 Å². The normalized spacial score (nSPS) is 12.0. The monoisotopic (exact) mass is 507 g/mol. The fraction of sp³-hybridized carbons (Fsp3) is 0.500. The Bertz CT molecular complexity index is 1190. The maximum Gasteiger partial charge on any atom is 0.266 e. The van der Waals surface area contributed by atoms with Crippen LogP contribution in [0, 0.1) is 0 Å². The number of unbranched alkanes of at least 4 members (excludes halogenated alkanes) is 6. The molecule has 0 spiro atoms. The van der Waals surface area contributed by atoms with Crippen molar-refractivity contribution < 1.29 is 14.3 Å². The molecule has 1 aromatic heterocycles. The number of nitrogens with zero attached hydrogens (tertiary/aromatic N) is 3. The van der Waals surface area contributed by atoms with Gasteiger partial charge in [0.15, 0.2) is 0 Å². The first kappa shape index (κ1) is 28.4. The van der Waals surface area contributed by atoms with Gasteiger partial charge in [-0.05, 0) is 49.7 Å². The quantitative estimate of drug-likeness (QED) is 0.233. The molecule has 0 radical (unpaired) electrons. The first-order valence-corrected chi connectivity index (χ1v) is 13.5. The molecule has 2 aromatic carbocycles. The van der Waals surface area contributed by atoms with E-state index in [2.05, 4.69) is 6.92 Å². The molecule has 200 valence electrons. The summed E-state index contributed by atoms with van der Waals surface area (Å²) in [4.78, 5) is 33.8. The lowest BCUT2D eigenvalue weighted by molar-refractivity contribution is -0.134. The number of methoxy groups -OCH3 is 2. The third kappa shape index (κ3) is 7.41. The zero-order valence-corrected chi connectivity index (χ0v) is 22.7. The minimum atomic E-state index is -0.424. The molecule has 1 atom stereocenters. The molecule has 3 rings (SSSR count). The molecule has 3 aromatic rings. The molecule has 1 amide bonds. The standard InChI is InChI=1S/C30H41N3O4/c1-5-6-7-8-9-10-11-16-28(34)32(21-22-36-3)23(2)29-31-27-15-13-12-14-26(27)30(35)33(29)24-17-19-25(37-4)20-18-24/h12-15,17-20,23H,5-11,16,21-22H2,1-4H3. The molecule has 7 nitrogen and oxygen atoms in total. The van der Waals surface area contributed by atoms with Crippen molar-refractivity contribution >= 4 is 16.8 Å². The van der Waals surface area contributed by atoms with Crippen molar-refractivity contribution in [3.8, 4) is 11.4 Å². The van der Waals surface area contributed by atoms with Gasteiger partial charge in [0.05, 0.1) is 36.3 Å². The second-order valence-corrected chi connectivity index (χ2v) is 9.45. The van der Waals surface area contributed by atoms with Crippen molar-refractivity contribution in [3.05, 3.63) is 64.7 Å². The summed E-state index contributed by atoms with van der Waals surface area (Å²) in [6, 6.07) is 14.2. The average Bonchev–Trinajstić information content (AvgIpc) is 2.92. The van der Waals surface area contributed by atoms with E-state index in [9.17, 15) is 9.59 Å². The van der Waals surface area contributed by atoms with Gasteiger partial charge in [0.25, 0.3) is 5.56 Å². The molecule has 0 saturated carbocycles. The second kappa shape index (κ2) is 14.5. The van der Waals surface area contributed by atoms with Crippen LogP contribution in [0.2, 0.25) is 0 Å². The molecule has 0 aliphatic carbocycles. The van der Waals surface area contributed by atoms with Crippen LogP contribution in [0.4, 0.5) is 0 Å². The van der Waals surface area contributed by atoms with Crippen molar-refractivity contribution in [2.75, 3.05) is 27.4 Å². The van der Waals surface area contributed by atoms with Gasteiger partial charge in [-0.2, -0.15) is 0 Å². The summed E-state index contributed by atoms with van der Waals surface area (Å²) in [5.74, 6) is 1.28. The number of aromatic nitrogens is 2. The fourth-order valence-electron chi connectivity index (χ4n) is 4.65. The number of fused-ring (bicyclic) bond motifs is 1. The Kier molecular flexibility index (Phi) is 11.1. The van der Waals surface area contributed by atoms with E-state index in [4.69, 9.17) is 14.5 Å². The lowest BCUT2D eigenvalue weighted by Gasteiger charge is -2.30. The average molecular weight is 508 g/mol. The van der Waals surface area contributed by atoms with Crippen LogP contribution in [0.15, 0.2) is 53.3 Å². The second-order valence-electron chi connectivity index (χ2n) is 9.45. The predicted molar refractivity (Wildman–Crippen MR) is 149 cm³/mol. The number of carbonyl (C=O) groups is 1. The topological polar surface area (TPSA) is 73.7 Å². The molecule has 1 unspecified atom stereocenters. The SMILES string of the molecule is CCCCCCCCCC(=O)N(CCOC)C(C)c1nc2ccccc2c(=O)n1-c1ccc(OC)cc1. The smallest absolute Gasteiger partial charge is 0.266 e. The molecule has 0 aliphatic rings. The van der Waals surface area contributed by atoms with Crippen LogP contribution in [0.3, 0.4) is 0 Å². The van der Waals surface area contributed by atoms with Gasteiger partial charge in [-0.15, -0.1) is 0 Å². The van der Waals surface area contributed by atoms with Crippen LogP contribution in [-0.2, 0) is 9.53 Å². The van der Waals surface area contributed by atoms with Gasteiger partial charge < -0.3 is 14.4 Å². The number of hydrogen-bond acceptors (Lipinski definition) is 5. The van der Waals surface area contributed by atoms with E-state index in [0.717, 1.165) is 19.3 Å². The van der Waals surface area contributed by atoms with Crippen LogP contribution in [0.5, 0.6) is 5.75 Å². The highest BCUT2D eigenvalue weighted by atomic mass is 16.5. The van der Waals surface area contributed by atoms with Crippen molar-refractivity contribution in [2.24, 2.45) is 0 Å². The molecule has 1 heterocycles. The minimum absolute atomic E-state index is 0.0572. The van der Waals surface area contributed by atoms with Crippen LogP contribution in [-0.4, -0.2) is 47.7 Å². The lowest BCUT2D eigenvalue weighted by atomic mass is 10.1. The molecule has 7 heteroatoms. The van der Waals surface area contributed by atoms with Crippen molar-refractivity contribution in [1.29, 1.82) is 0 Å². The number of benzene rings is 2. The Morgan fingerprint density at radius 1 is 0.973 bits per heavy atom. The highest BCUT2D eigenvalue weighted by Gasteiger charge is 2.26. The third-order valence-corrected chi connectivity index (χ3v) is 6.82. The van der Waals surface area contributed by atoms with Gasteiger partial charge in [-0.3, -0.25) is 14.2 Å². The van der Waals surface area contributed by atoms with E-state index < -0.39 is 6.04 Å². The van der Waals surface area contributed by atoms with Gasteiger partial charge in [-0.1, -0.05) is 57.6 Å². The number of carbonyl (C=O) groups excluding carboxylic acids is 1. The van der Waals surface area contributed by atoms with E-state index in [1.165, 1.54) is 25.7 Å². The third-order valence-electron chi connectivity index (χ3n) is 6.82. The number of rotatable bonds is 15. The van der Waals surface area contributed by atoms with Gasteiger partial charge in [0, 0.05) is 20.1 Å². The Morgan fingerprint density at radius 2 is 1.65 bits per heavy atom. The maximum absolute atomic E-state index is 13.7. The van der Waals surface area contributed by atoms with E-state index in [-0.39, 0.29) is 11.5 Å². The number of ether oxygens (including phenoxy) is 2. The Hall–Kier alpha value is -3.19. The number of hydrogen-bond donors (Lipinski definition) is 0. The first-order valence-electron chi connectivity index (χ1n) is 13.5. The van der Waals surface area contributed by atoms with Crippen LogP contribution in [0.25, 0.3) is 16.6 Å². The van der Waals surface area contributed by atoms with Gasteiger partial charge in [0.1, 0.15) is 11.6 Å². The zero-order valence-electron chi connectivity index (χ0n) is 22.7. The highest BCUT2D eigenvalue weighted by Crippen LogP contribution is 2.25. The number of para-hydroxylation sites is 1. The summed E-state index contributed by atoms with van der Waals surface area (Å²) >= 11 is 0. The van der Waals surface area contributed by atoms with Crippen LogP contribution >= 0.6 is 0 Å². The summed E-state index contributed by atoms with van der Waals surface area (Å²) in [5, 5.41) is 0.534. The van der Waals surface area contributed by atoms with Crippen LogP contribution in [0.1, 0.15) is 77.1 Å². The number of amides is 1. The van der Waals surface area contributed by atoms with Crippen molar-refractivity contribution in [3.63, 3.8) is 0 Å². The minimum Gasteiger partial charge on any atom is -0.497 e. The van der Waals surface area contributed by atoms with E-state index in [1.54, 1.807) is 29.8 Å².